The van der Waals surface area contributed by atoms with Crippen molar-refractivity contribution in [2.45, 2.75) is 12.5 Å². The minimum absolute atomic E-state index is 0.00815. The fourth-order valence-corrected chi connectivity index (χ4v) is 1.23. The van der Waals surface area contributed by atoms with E-state index in [2.05, 4.69) is 4.98 Å². The first-order valence-electron chi connectivity index (χ1n) is 4.08. The maximum atomic E-state index is 12.1. The van der Waals surface area contributed by atoms with Crippen LogP contribution in [0.2, 0.25) is 0 Å². The monoisotopic (exact) mass is 198 g/mol. The Morgan fingerprint density at radius 2 is 2.14 bits per heavy atom. The second-order valence-corrected chi connectivity index (χ2v) is 2.91. The Labute approximate surface area is 78.6 Å². The summed E-state index contributed by atoms with van der Waals surface area (Å²) in [6.07, 6.45) is -1.54. The first-order valence-corrected chi connectivity index (χ1v) is 4.08. The molecule has 2 aromatic heterocycles. The maximum Gasteiger partial charge on any atom is 0.269 e. The van der Waals surface area contributed by atoms with Crippen molar-refractivity contribution in [3.63, 3.8) is 0 Å². The van der Waals surface area contributed by atoms with E-state index in [1.165, 1.54) is 6.20 Å². The van der Waals surface area contributed by atoms with E-state index in [1.54, 1.807) is 28.8 Å². The molecule has 0 aliphatic heterocycles. The zero-order valence-corrected chi connectivity index (χ0v) is 7.14. The molecule has 1 N–H and O–H groups in total. The van der Waals surface area contributed by atoms with Gasteiger partial charge in [-0.3, -0.25) is 0 Å². The fourth-order valence-electron chi connectivity index (χ4n) is 1.23. The van der Waals surface area contributed by atoms with Crippen LogP contribution in [0.1, 0.15) is 11.8 Å². The molecule has 1 atom stereocenters. The summed E-state index contributed by atoms with van der Waals surface area (Å²) in [7, 11) is 0. The molecule has 0 saturated heterocycles. The number of nitrogens with zero attached hydrogens (tertiary/aromatic N) is 2. The molecule has 0 bridgehead atoms. The quantitative estimate of drug-likeness (QED) is 0.796. The molecule has 0 aliphatic carbocycles. The van der Waals surface area contributed by atoms with Gasteiger partial charge in [0.15, 0.2) is 6.10 Å². The number of hydrogen-bond acceptors (Lipinski definition) is 2. The van der Waals surface area contributed by atoms with Crippen molar-refractivity contribution in [2.75, 3.05) is 0 Å². The number of pyridine rings is 1. The zero-order valence-electron chi connectivity index (χ0n) is 7.14. The van der Waals surface area contributed by atoms with Crippen LogP contribution in [0, 0.1) is 0 Å². The minimum atomic E-state index is -2.81. The maximum absolute atomic E-state index is 12.1. The molecular formula is C9H8F2N2O. The third-order valence-corrected chi connectivity index (χ3v) is 1.92. The van der Waals surface area contributed by atoms with E-state index in [-0.39, 0.29) is 5.69 Å². The topological polar surface area (TPSA) is 37.5 Å². The third-order valence-electron chi connectivity index (χ3n) is 1.92. The van der Waals surface area contributed by atoms with Gasteiger partial charge in [0.05, 0.1) is 5.69 Å². The summed E-state index contributed by atoms with van der Waals surface area (Å²) in [4.78, 5) is 3.87. The number of alkyl halides is 2. The van der Waals surface area contributed by atoms with Gasteiger partial charge in [0.2, 0.25) is 0 Å². The lowest BCUT2D eigenvalue weighted by Crippen LogP contribution is -2.07. The highest BCUT2D eigenvalue weighted by atomic mass is 19.3. The Kier molecular flexibility index (Phi) is 2.17. The van der Waals surface area contributed by atoms with Gasteiger partial charge in [0.25, 0.3) is 6.43 Å². The number of aromatic nitrogens is 2. The summed E-state index contributed by atoms with van der Waals surface area (Å²) in [5.74, 6) is 0. The lowest BCUT2D eigenvalue weighted by Gasteiger charge is -2.03. The van der Waals surface area contributed by atoms with Crippen LogP contribution < -0.4 is 0 Å². The van der Waals surface area contributed by atoms with Gasteiger partial charge in [-0.2, -0.15) is 0 Å². The van der Waals surface area contributed by atoms with E-state index in [1.807, 2.05) is 0 Å². The predicted octanol–water partition coefficient (Wildman–Crippen LogP) is 1.63. The molecule has 5 heteroatoms. The molecular weight excluding hydrogens is 190 g/mol. The van der Waals surface area contributed by atoms with Crippen LogP contribution in [0.5, 0.6) is 0 Å². The highest BCUT2D eigenvalue weighted by Gasteiger charge is 2.21. The molecule has 0 saturated carbocycles. The summed E-state index contributed by atoms with van der Waals surface area (Å²) >= 11 is 0. The smallest absolute Gasteiger partial charge is 0.269 e. The standard InChI is InChI=1S/C9H8F2N2O/c10-9(11)8(14)6-5-13-4-2-1-3-7(13)12-6/h1-5,8-9,14H. The van der Waals surface area contributed by atoms with E-state index in [0.717, 1.165) is 0 Å². The summed E-state index contributed by atoms with van der Waals surface area (Å²) in [5.41, 5.74) is 0.536. The fraction of sp³-hybridized carbons (Fsp3) is 0.222. The normalized spacial score (nSPS) is 13.7. The van der Waals surface area contributed by atoms with Crippen molar-refractivity contribution in [3.05, 3.63) is 36.3 Å². The molecule has 74 valence electrons. The van der Waals surface area contributed by atoms with Gasteiger partial charge in [-0.05, 0) is 12.1 Å². The number of aliphatic hydroxyl groups is 1. The Bertz CT molecular complexity index is 408. The largest absolute Gasteiger partial charge is 0.381 e. The molecule has 2 aromatic rings. The predicted molar refractivity (Wildman–Crippen MR) is 46.2 cm³/mol. The molecule has 0 radical (unpaired) electrons. The van der Waals surface area contributed by atoms with E-state index in [9.17, 15) is 8.78 Å². The van der Waals surface area contributed by atoms with Crippen LogP contribution in [0.3, 0.4) is 0 Å². The molecule has 14 heavy (non-hydrogen) atoms. The second-order valence-electron chi connectivity index (χ2n) is 2.91. The molecule has 0 fully saturated rings. The highest BCUT2D eigenvalue weighted by molar-refractivity contribution is 5.39. The van der Waals surface area contributed by atoms with Crippen molar-refractivity contribution in [1.82, 2.24) is 9.38 Å². The Morgan fingerprint density at radius 3 is 2.79 bits per heavy atom. The number of halogens is 2. The van der Waals surface area contributed by atoms with E-state index < -0.39 is 12.5 Å². The number of hydrogen-bond donors (Lipinski definition) is 1. The van der Waals surface area contributed by atoms with Gasteiger partial charge in [-0.25, -0.2) is 13.8 Å². The summed E-state index contributed by atoms with van der Waals surface area (Å²) in [6.45, 7) is 0. The first kappa shape index (κ1) is 9.08. The molecule has 0 amide bonds. The van der Waals surface area contributed by atoms with Gasteiger partial charge >= 0.3 is 0 Å². The Balaban J connectivity index is 2.45. The summed E-state index contributed by atoms with van der Waals surface area (Å²) in [5, 5.41) is 9.07. The van der Waals surface area contributed by atoms with E-state index >= 15 is 0 Å². The molecule has 0 spiro atoms. The van der Waals surface area contributed by atoms with Gasteiger partial charge in [-0.1, -0.05) is 6.07 Å². The number of imidazole rings is 1. The van der Waals surface area contributed by atoms with Gasteiger partial charge in [0.1, 0.15) is 5.65 Å². The van der Waals surface area contributed by atoms with Crippen molar-refractivity contribution >= 4 is 5.65 Å². The van der Waals surface area contributed by atoms with Crippen LogP contribution in [0.25, 0.3) is 5.65 Å². The van der Waals surface area contributed by atoms with Crippen molar-refractivity contribution < 1.29 is 13.9 Å². The van der Waals surface area contributed by atoms with E-state index in [4.69, 9.17) is 5.11 Å². The molecule has 3 nitrogen and oxygen atoms in total. The Morgan fingerprint density at radius 1 is 1.36 bits per heavy atom. The first-order chi connectivity index (χ1) is 6.68. The Hall–Kier alpha value is -1.49. The number of fused-ring (bicyclic) bond motifs is 1. The van der Waals surface area contributed by atoms with Crippen molar-refractivity contribution in [1.29, 1.82) is 0 Å². The molecule has 2 heterocycles. The van der Waals surface area contributed by atoms with Gasteiger partial charge in [0, 0.05) is 12.4 Å². The van der Waals surface area contributed by atoms with Crippen molar-refractivity contribution in [3.8, 4) is 0 Å². The molecule has 0 aromatic carbocycles. The minimum Gasteiger partial charge on any atom is -0.381 e. The van der Waals surface area contributed by atoms with Crippen LogP contribution in [-0.2, 0) is 0 Å². The van der Waals surface area contributed by atoms with Crippen LogP contribution in [-0.4, -0.2) is 20.9 Å². The van der Waals surface area contributed by atoms with Gasteiger partial charge in [-0.15, -0.1) is 0 Å². The molecule has 0 aliphatic rings. The lowest BCUT2D eigenvalue weighted by atomic mass is 10.3. The van der Waals surface area contributed by atoms with E-state index in [0.29, 0.717) is 5.65 Å². The van der Waals surface area contributed by atoms with Gasteiger partial charge < -0.3 is 9.51 Å². The highest BCUT2D eigenvalue weighted by Crippen LogP contribution is 2.19. The van der Waals surface area contributed by atoms with Crippen LogP contribution >= 0.6 is 0 Å². The van der Waals surface area contributed by atoms with Crippen LogP contribution in [0.4, 0.5) is 8.78 Å². The molecule has 1 unspecified atom stereocenters. The lowest BCUT2D eigenvalue weighted by molar-refractivity contribution is -0.00792. The van der Waals surface area contributed by atoms with Crippen molar-refractivity contribution in [2.24, 2.45) is 0 Å². The number of aliphatic hydroxyl groups excluding tert-OH is 1. The third kappa shape index (κ3) is 1.46. The summed E-state index contributed by atoms with van der Waals surface area (Å²) < 4.78 is 25.9. The average molecular weight is 198 g/mol. The summed E-state index contributed by atoms with van der Waals surface area (Å²) in [6, 6.07) is 5.19. The van der Waals surface area contributed by atoms with Crippen LogP contribution in [0.15, 0.2) is 30.6 Å². The molecule has 2 rings (SSSR count). The second kappa shape index (κ2) is 3.34. The number of rotatable bonds is 2. The SMILES string of the molecule is OC(c1cn2ccccc2n1)C(F)F. The zero-order chi connectivity index (χ0) is 10.1. The average Bonchev–Trinajstić information content (AvgIpc) is 2.59.